The van der Waals surface area contributed by atoms with Gasteiger partial charge in [-0.25, -0.2) is 4.68 Å². The van der Waals surface area contributed by atoms with E-state index in [1.54, 1.807) is 11.6 Å². The number of nitro groups is 1. The van der Waals surface area contributed by atoms with Crippen molar-refractivity contribution >= 4 is 29.0 Å². The summed E-state index contributed by atoms with van der Waals surface area (Å²) >= 11 is 6.38. The number of hydrogen-bond donors (Lipinski definition) is 1. The molecule has 1 aliphatic carbocycles. The van der Waals surface area contributed by atoms with Crippen molar-refractivity contribution in [2.45, 2.75) is 32.7 Å². The van der Waals surface area contributed by atoms with E-state index in [2.05, 4.69) is 15.4 Å². The number of Topliss-reactive ketones (excluding diaryl/α,β-unsaturated/α-hetero) is 1. The summed E-state index contributed by atoms with van der Waals surface area (Å²) in [7, 11) is 0. The number of benzene rings is 1. The molecule has 2 aromatic rings. The Morgan fingerprint density at radius 1 is 1.38 bits per heavy atom. The zero-order chi connectivity index (χ0) is 18.6. The number of nitrogens with one attached hydrogen (secondary N) is 1. The van der Waals surface area contributed by atoms with Crippen molar-refractivity contribution in [2.24, 2.45) is 5.92 Å². The SMILES string of the molecule is Cc1nc2n(n1)[C@H](c1cc([N+](=O)[O-])ccc1Cl)C1=C(C[C@@H](C)CC1=O)N2. The average molecular weight is 374 g/mol. The third-order valence-corrected chi connectivity index (χ3v) is 5.06. The minimum Gasteiger partial charge on any atom is -0.328 e. The lowest BCUT2D eigenvalue weighted by atomic mass is 9.81. The van der Waals surface area contributed by atoms with Gasteiger partial charge >= 0.3 is 0 Å². The van der Waals surface area contributed by atoms with Crippen LogP contribution in [0.2, 0.25) is 5.02 Å². The number of anilines is 1. The molecule has 0 spiro atoms. The Labute approximate surface area is 154 Å². The van der Waals surface area contributed by atoms with Crippen LogP contribution in [0.25, 0.3) is 0 Å². The molecule has 0 radical (unpaired) electrons. The molecular formula is C17H16ClN5O3. The number of aryl methyl sites for hydroxylation is 1. The lowest BCUT2D eigenvalue weighted by molar-refractivity contribution is -0.384. The molecule has 0 bridgehead atoms. The van der Waals surface area contributed by atoms with Crippen molar-refractivity contribution in [3.8, 4) is 0 Å². The first-order valence-electron chi connectivity index (χ1n) is 8.25. The van der Waals surface area contributed by atoms with Crippen LogP contribution in [-0.2, 0) is 4.79 Å². The number of carbonyl (C=O) groups excluding carboxylic acids is 1. The third-order valence-electron chi connectivity index (χ3n) is 4.71. The van der Waals surface area contributed by atoms with Crippen LogP contribution in [-0.4, -0.2) is 25.5 Å². The van der Waals surface area contributed by atoms with E-state index < -0.39 is 11.0 Å². The lowest BCUT2D eigenvalue weighted by Crippen LogP contribution is -2.33. The van der Waals surface area contributed by atoms with Crippen LogP contribution in [0.5, 0.6) is 0 Å². The first-order chi connectivity index (χ1) is 12.3. The van der Waals surface area contributed by atoms with Gasteiger partial charge in [0.05, 0.1) is 4.92 Å². The Kier molecular flexibility index (Phi) is 3.80. The van der Waals surface area contributed by atoms with Crippen LogP contribution in [0.15, 0.2) is 29.5 Å². The summed E-state index contributed by atoms with van der Waals surface area (Å²) in [6.45, 7) is 3.77. The van der Waals surface area contributed by atoms with Crippen molar-refractivity contribution in [3.05, 3.63) is 56.0 Å². The summed E-state index contributed by atoms with van der Waals surface area (Å²) in [5.41, 5.74) is 1.74. The van der Waals surface area contributed by atoms with Crippen LogP contribution < -0.4 is 5.32 Å². The molecule has 0 amide bonds. The van der Waals surface area contributed by atoms with E-state index in [4.69, 9.17) is 11.6 Å². The molecule has 134 valence electrons. The van der Waals surface area contributed by atoms with Crippen molar-refractivity contribution in [1.82, 2.24) is 14.8 Å². The van der Waals surface area contributed by atoms with Crippen molar-refractivity contribution < 1.29 is 9.72 Å². The van der Waals surface area contributed by atoms with Gasteiger partial charge in [0.25, 0.3) is 5.69 Å². The van der Waals surface area contributed by atoms with E-state index >= 15 is 0 Å². The van der Waals surface area contributed by atoms with Gasteiger partial charge in [-0.15, -0.1) is 0 Å². The molecule has 9 heteroatoms. The molecule has 1 aromatic carbocycles. The van der Waals surface area contributed by atoms with Crippen LogP contribution >= 0.6 is 11.6 Å². The maximum absolute atomic E-state index is 12.8. The summed E-state index contributed by atoms with van der Waals surface area (Å²) in [5.74, 6) is 1.26. The molecule has 2 aliphatic rings. The van der Waals surface area contributed by atoms with Gasteiger partial charge in [0, 0.05) is 40.4 Å². The van der Waals surface area contributed by atoms with Gasteiger partial charge in [0.1, 0.15) is 11.9 Å². The number of non-ortho nitro benzene ring substituents is 1. The van der Waals surface area contributed by atoms with Gasteiger partial charge < -0.3 is 5.32 Å². The zero-order valence-electron chi connectivity index (χ0n) is 14.2. The predicted molar refractivity (Wildman–Crippen MR) is 95.1 cm³/mol. The molecule has 4 rings (SSSR count). The van der Waals surface area contributed by atoms with Crippen LogP contribution in [0, 0.1) is 23.0 Å². The molecule has 8 nitrogen and oxygen atoms in total. The molecule has 0 unspecified atom stereocenters. The maximum Gasteiger partial charge on any atom is 0.269 e. The molecule has 0 saturated carbocycles. The van der Waals surface area contributed by atoms with E-state index in [1.807, 2.05) is 6.92 Å². The maximum atomic E-state index is 12.8. The summed E-state index contributed by atoms with van der Waals surface area (Å²) in [5, 5.41) is 19.2. The molecule has 26 heavy (non-hydrogen) atoms. The highest BCUT2D eigenvalue weighted by Gasteiger charge is 2.39. The monoisotopic (exact) mass is 373 g/mol. The van der Waals surface area contributed by atoms with Gasteiger partial charge in [-0.1, -0.05) is 18.5 Å². The molecule has 1 aromatic heterocycles. The Bertz CT molecular complexity index is 981. The first-order valence-corrected chi connectivity index (χ1v) is 8.63. The largest absolute Gasteiger partial charge is 0.328 e. The quantitative estimate of drug-likeness (QED) is 0.639. The minimum atomic E-state index is -0.630. The first kappa shape index (κ1) is 16.7. The Hall–Kier alpha value is -2.74. The third kappa shape index (κ3) is 2.57. The van der Waals surface area contributed by atoms with Gasteiger partial charge in [0.15, 0.2) is 5.78 Å². The number of allylic oxidation sites excluding steroid dienone is 2. The van der Waals surface area contributed by atoms with E-state index in [0.29, 0.717) is 40.8 Å². The Morgan fingerprint density at radius 2 is 2.15 bits per heavy atom. The van der Waals surface area contributed by atoms with Crippen molar-refractivity contribution in [1.29, 1.82) is 0 Å². The number of rotatable bonds is 2. The zero-order valence-corrected chi connectivity index (χ0v) is 14.9. The number of ketones is 1. The molecule has 2 heterocycles. The van der Waals surface area contributed by atoms with Gasteiger partial charge in [-0.05, 0) is 25.3 Å². The number of hydrogen-bond acceptors (Lipinski definition) is 6. The summed E-state index contributed by atoms with van der Waals surface area (Å²) in [4.78, 5) is 28.0. The second-order valence-electron chi connectivity index (χ2n) is 6.75. The number of carbonyl (C=O) groups is 1. The van der Waals surface area contributed by atoms with Crippen LogP contribution in [0.4, 0.5) is 11.6 Å². The smallest absolute Gasteiger partial charge is 0.269 e. The number of nitro benzene ring substituents is 1. The normalized spacial score (nSPS) is 21.9. The Morgan fingerprint density at radius 3 is 2.88 bits per heavy atom. The molecule has 2 atom stereocenters. The standard InChI is InChI=1S/C17H16ClN5O3/c1-8-5-13-15(14(24)6-8)16(22-17(20-13)19-9(2)21-22)11-7-10(23(25)26)3-4-12(11)18/h3-4,7-8,16H,5-6H2,1-2H3,(H,19,20,21)/t8-,16-/m1/s1. The topological polar surface area (TPSA) is 103 Å². The fourth-order valence-corrected chi connectivity index (χ4v) is 3.88. The van der Waals surface area contributed by atoms with Crippen LogP contribution in [0.1, 0.15) is 37.2 Å². The average Bonchev–Trinajstić information content (AvgIpc) is 2.92. The van der Waals surface area contributed by atoms with Crippen LogP contribution in [0.3, 0.4) is 0 Å². The summed E-state index contributed by atoms with van der Waals surface area (Å²) in [6.07, 6.45) is 1.13. The van der Waals surface area contributed by atoms with E-state index in [0.717, 1.165) is 5.70 Å². The number of halogens is 1. The molecule has 1 aliphatic heterocycles. The fraction of sp³-hybridized carbons (Fsp3) is 0.353. The predicted octanol–water partition coefficient (Wildman–Crippen LogP) is 3.42. The molecular weight excluding hydrogens is 358 g/mol. The highest BCUT2D eigenvalue weighted by atomic mass is 35.5. The minimum absolute atomic E-state index is 0.00220. The lowest BCUT2D eigenvalue weighted by Gasteiger charge is -2.34. The fourth-order valence-electron chi connectivity index (χ4n) is 3.66. The molecule has 1 N–H and O–H groups in total. The van der Waals surface area contributed by atoms with E-state index in [-0.39, 0.29) is 17.4 Å². The summed E-state index contributed by atoms with van der Waals surface area (Å²) in [6, 6.07) is 3.61. The van der Waals surface area contributed by atoms with Gasteiger partial charge in [-0.2, -0.15) is 10.1 Å². The molecule has 0 fully saturated rings. The van der Waals surface area contributed by atoms with Crippen molar-refractivity contribution in [2.75, 3.05) is 5.32 Å². The highest BCUT2D eigenvalue weighted by Crippen LogP contribution is 2.43. The summed E-state index contributed by atoms with van der Waals surface area (Å²) < 4.78 is 1.59. The second kappa shape index (κ2) is 5.91. The second-order valence-corrected chi connectivity index (χ2v) is 7.15. The van der Waals surface area contributed by atoms with E-state index in [1.165, 1.54) is 18.2 Å². The number of nitrogens with zero attached hydrogens (tertiary/aromatic N) is 4. The molecule has 0 saturated heterocycles. The number of fused-ring (bicyclic) bond motifs is 1. The number of aromatic nitrogens is 3. The van der Waals surface area contributed by atoms with E-state index in [9.17, 15) is 14.9 Å². The van der Waals surface area contributed by atoms with Gasteiger partial charge in [-0.3, -0.25) is 14.9 Å². The Balaban J connectivity index is 1.96. The van der Waals surface area contributed by atoms with Gasteiger partial charge in [0.2, 0.25) is 5.95 Å². The van der Waals surface area contributed by atoms with Crippen molar-refractivity contribution in [3.63, 3.8) is 0 Å². The highest BCUT2D eigenvalue weighted by molar-refractivity contribution is 6.31.